The molecule has 6 nitrogen and oxygen atoms in total. The molecule has 0 fully saturated rings. The molecule has 0 bridgehead atoms. The van der Waals surface area contributed by atoms with Crippen molar-refractivity contribution in [1.82, 2.24) is 0 Å². The Kier molecular flexibility index (Phi) is 7.11. The lowest BCUT2D eigenvalue weighted by molar-refractivity contribution is -0.0512. The summed E-state index contributed by atoms with van der Waals surface area (Å²) >= 11 is 0. The molecule has 0 unspecified atom stereocenters. The molecule has 9 heteroatoms. The average molecular weight is 411 g/mol. The van der Waals surface area contributed by atoms with Gasteiger partial charge in [-0.3, -0.25) is 9.52 Å². The van der Waals surface area contributed by atoms with Crippen molar-refractivity contribution in [2.45, 2.75) is 13.5 Å². The molecule has 0 aliphatic heterocycles. The summed E-state index contributed by atoms with van der Waals surface area (Å²) in [5, 5.41) is 0. The molecule has 0 spiro atoms. The van der Waals surface area contributed by atoms with Crippen LogP contribution in [-0.4, -0.2) is 33.7 Å². The molecule has 0 radical (unpaired) electrons. The first-order valence-electron chi connectivity index (χ1n) is 8.20. The fourth-order valence-corrected chi connectivity index (χ4v) is 2.84. The van der Waals surface area contributed by atoms with Crippen LogP contribution in [0.2, 0.25) is 0 Å². The molecule has 0 heterocycles. The van der Waals surface area contributed by atoms with E-state index in [1.165, 1.54) is 68.7 Å². The van der Waals surface area contributed by atoms with Crippen LogP contribution < -0.4 is 14.2 Å². The van der Waals surface area contributed by atoms with Crippen LogP contribution in [0, 0.1) is 0 Å². The smallest absolute Gasteiger partial charge is 0.387 e. The molecule has 0 aliphatic rings. The topological polar surface area (TPSA) is 81.7 Å². The van der Waals surface area contributed by atoms with E-state index >= 15 is 0 Å². The second-order valence-corrected chi connectivity index (χ2v) is 7.58. The van der Waals surface area contributed by atoms with Gasteiger partial charge in [0.15, 0.2) is 17.3 Å². The Bertz CT molecular complexity index is 957. The number of ether oxygens (including phenoxy) is 2. The molecular formula is C19H19F2NO5S. The minimum atomic E-state index is -3.39. The number of rotatable bonds is 9. The van der Waals surface area contributed by atoms with E-state index in [4.69, 9.17) is 4.74 Å². The summed E-state index contributed by atoms with van der Waals surface area (Å²) in [5.74, 6) is -0.355. The van der Waals surface area contributed by atoms with Gasteiger partial charge in [0.2, 0.25) is 10.0 Å². The van der Waals surface area contributed by atoms with Gasteiger partial charge in [0.05, 0.1) is 12.9 Å². The van der Waals surface area contributed by atoms with Crippen LogP contribution in [0.3, 0.4) is 0 Å². The molecule has 2 aromatic rings. The van der Waals surface area contributed by atoms with Crippen molar-refractivity contribution in [3.8, 4) is 11.5 Å². The number of nitrogens with one attached hydrogen (secondary N) is 1. The normalized spacial score (nSPS) is 11.6. The summed E-state index contributed by atoms with van der Waals surface area (Å²) in [4.78, 5) is 12.3. The van der Waals surface area contributed by atoms with E-state index in [9.17, 15) is 22.0 Å². The predicted molar refractivity (Wildman–Crippen MR) is 103 cm³/mol. The molecule has 28 heavy (non-hydrogen) atoms. The largest absolute Gasteiger partial charge is 0.493 e. The minimum absolute atomic E-state index is 0.0545. The SMILES string of the molecule is CCS(=O)(=O)Nc1ccc(C(=O)/C=C/c2ccc(OC(F)F)c(OC)c2)cc1. The standard InChI is InChI=1S/C19H19F2NO5S/c1-3-28(24,25)22-15-8-6-14(7-9-15)16(23)10-4-13-5-11-17(27-19(20)21)18(12-13)26-2/h4-12,19,22H,3H2,1-2H3/b10-4+. The lowest BCUT2D eigenvalue weighted by Crippen LogP contribution is -2.14. The van der Waals surface area contributed by atoms with Crippen molar-refractivity contribution in [3.05, 3.63) is 59.7 Å². The number of methoxy groups -OCH3 is 1. The zero-order chi connectivity index (χ0) is 20.7. The van der Waals surface area contributed by atoms with E-state index in [1.807, 2.05) is 0 Å². The van der Waals surface area contributed by atoms with Gasteiger partial charge < -0.3 is 9.47 Å². The minimum Gasteiger partial charge on any atom is -0.493 e. The molecule has 0 amide bonds. The number of alkyl halides is 2. The Labute approximate surface area is 161 Å². The maximum atomic E-state index is 12.3. The number of ketones is 1. The van der Waals surface area contributed by atoms with Crippen LogP contribution in [0.1, 0.15) is 22.8 Å². The van der Waals surface area contributed by atoms with E-state index in [0.717, 1.165) is 0 Å². The quantitative estimate of drug-likeness (QED) is 0.499. The van der Waals surface area contributed by atoms with Crippen molar-refractivity contribution in [2.75, 3.05) is 17.6 Å². The number of carbonyl (C=O) groups is 1. The molecular weight excluding hydrogens is 392 g/mol. The third-order valence-electron chi connectivity index (χ3n) is 3.65. The Morgan fingerprint density at radius 2 is 1.82 bits per heavy atom. The summed E-state index contributed by atoms with van der Waals surface area (Å²) < 4.78 is 59.5. The molecule has 0 aromatic heterocycles. The van der Waals surface area contributed by atoms with Crippen LogP contribution in [0.4, 0.5) is 14.5 Å². The van der Waals surface area contributed by atoms with Crippen molar-refractivity contribution >= 4 is 27.6 Å². The summed E-state index contributed by atoms with van der Waals surface area (Å²) in [7, 11) is -2.07. The van der Waals surface area contributed by atoms with E-state index in [-0.39, 0.29) is 23.0 Å². The first-order valence-corrected chi connectivity index (χ1v) is 9.85. The summed E-state index contributed by atoms with van der Waals surface area (Å²) in [5.41, 5.74) is 1.28. The third kappa shape index (κ3) is 6.05. The lowest BCUT2D eigenvalue weighted by Gasteiger charge is -2.10. The monoisotopic (exact) mass is 411 g/mol. The number of sulfonamides is 1. The third-order valence-corrected chi connectivity index (χ3v) is 4.96. The highest BCUT2D eigenvalue weighted by Crippen LogP contribution is 2.29. The first kappa shape index (κ1) is 21.4. The fraction of sp³-hybridized carbons (Fsp3) is 0.211. The zero-order valence-electron chi connectivity index (χ0n) is 15.2. The maximum Gasteiger partial charge on any atom is 0.387 e. The first-order chi connectivity index (χ1) is 13.2. The van der Waals surface area contributed by atoms with Gasteiger partial charge >= 0.3 is 6.61 Å². The Morgan fingerprint density at radius 3 is 2.39 bits per heavy atom. The van der Waals surface area contributed by atoms with Gasteiger partial charge in [-0.2, -0.15) is 8.78 Å². The molecule has 150 valence electrons. The molecule has 0 saturated heterocycles. The number of halogens is 2. The summed E-state index contributed by atoms with van der Waals surface area (Å²) in [6.45, 7) is -1.45. The van der Waals surface area contributed by atoms with Gasteiger partial charge in [-0.1, -0.05) is 12.1 Å². The average Bonchev–Trinajstić information content (AvgIpc) is 2.66. The highest BCUT2D eigenvalue weighted by Gasteiger charge is 2.11. The number of benzene rings is 2. The van der Waals surface area contributed by atoms with E-state index in [1.54, 1.807) is 0 Å². The van der Waals surface area contributed by atoms with Crippen LogP contribution in [0.5, 0.6) is 11.5 Å². The van der Waals surface area contributed by atoms with Gasteiger partial charge in [-0.05, 0) is 55.0 Å². The molecule has 2 rings (SSSR count). The van der Waals surface area contributed by atoms with Crippen molar-refractivity contribution in [3.63, 3.8) is 0 Å². The van der Waals surface area contributed by atoms with Gasteiger partial charge in [0, 0.05) is 11.3 Å². The summed E-state index contributed by atoms with van der Waals surface area (Å²) in [6.07, 6.45) is 2.82. The van der Waals surface area contributed by atoms with Crippen LogP contribution in [0.25, 0.3) is 6.08 Å². The number of hydrogen-bond donors (Lipinski definition) is 1. The van der Waals surface area contributed by atoms with E-state index in [2.05, 4.69) is 9.46 Å². The molecule has 0 aliphatic carbocycles. The number of allylic oxidation sites excluding steroid dienone is 1. The zero-order valence-corrected chi connectivity index (χ0v) is 16.0. The van der Waals surface area contributed by atoms with Crippen molar-refractivity contribution in [1.29, 1.82) is 0 Å². The Morgan fingerprint density at radius 1 is 1.14 bits per heavy atom. The molecule has 0 saturated carbocycles. The fourth-order valence-electron chi connectivity index (χ4n) is 2.20. The Balaban J connectivity index is 2.11. The highest BCUT2D eigenvalue weighted by molar-refractivity contribution is 7.92. The van der Waals surface area contributed by atoms with Gasteiger partial charge in [0.1, 0.15) is 0 Å². The molecule has 1 N–H and O–H groups in total. The van der Waals surface area contributed by atoms with Crippen LogP contribution in [0.15, 0.2) is 48.5 Å². The lowest BCUT2D eigenvalue weighted by atomic mass is 10.1. The van der Waals surface area contributed by atoms with Crippen molar-refractivity contribution in [2.24, 2.45) is 0 Å². The second-order valence-electron chi connectivity index (χ2n) is 5.57. The molecule has 2 aromatic carbocycles. The van der Waals surface area contributed by atoms with Gasteiger partial charge in [-0.25, -0.2) is 8.42 Å². The van der Waals surface area contributed by atoms with Gasteiger partial charge in [-0.15, -0.1) is 0 Å². The number of anilines is 1. The van der Waals surface area contributed by atoms with E-state index in [0.29, 0.717) is 16.8 Å². The Hall–Kier alpha value is -2.94. The highest BCUT2D eigenvalue weighted by atomic mass is 32.2. The van der Waals surface area contributed by atoms with Gasteiger partial charge in [0.25, 0.3) is 0 Å². The van der Waals surface area contributed by atoms with E-state index < -0.39 is 16.6 Å². The number of carbonyl (C=O) groups excluding carboxylic acids is 1. The molecule has 0 atom stereocenters. The number of hydrogen-bond acceptors (Lipinski definition) is 5. The maximum absolute atomic E-state index is 12.3. The van der Waals surface area contributed by atoms with Crippen LogP contribution >= 0.6 is 0 Å². The van der Waals surface area contributed by atoms with Crippen molar-refractivity contribution < 1.29 is 31.5 Å². The summed E-state index contributed by atoms with van der Waals surface area (Å²) in [6, 6.07) is 10.3. The second kappa shape index (κ2) is 9.32. The predicted octanol–water partition coefficient (Wildman–Crippen LogP) is 3.95. The van der Waals surface area contributed by atoms with Crippen LogP contribution in [-0.2, 0) is 10.0 Å².